The van der Waals surface area contributed by atoms with Gasteiger partial charge in [0.2, 0.25) is 23.6 Å². The van der Waals surface area contributed by atoms with Crippen molar-refractivity contribution in [2.24, 2.45) is 29.6 Å². The number of amides is 5. The van der Waals surface area contributed by atoms with Gasteiger partial charge in [0.15, 0.2) is 0 Å². The Bertz CT molecular complexity index is 1220. The van der Waals surface area contributed by atoms with E-state index in [0.717, 1.165) is 6.26 Å². The van der Waals surface area contributed by atoms with Crippen molar-refractivity contribution in [2.75, 3.05) is 18.6 Å². The summed E-state index contributed by atoms with van der Waals surface area (Å²) >= 11 is 0. The molecule has 0 radical (unpaired) electrons. The summed E-state index contributed by atoms with van der Waals surface area (Å²) in [7, 11) is -3.53. The summed E-state index contributed by atoms with van der Waals surface area (Å²) in [5, 5.41) is 24.9. The molecule has 0 aliphatic heterocycles. The van der Waals surface area contributed by atoms with Crippen LogP contribution in [0.1, 0.15) is 109 Å². The largest absolute Gasteiger partial charge is 0.444 e. The van der Waals surface area contributed by atoms with Gasteiger partial charge in [0.25, 0.3) is 0 Å². The van der Waals surface area contributed by atoms with Crippen molar-refractivity contribution < 1.29 is 42.2 Å². The predicted octanol–water partition coefficient (Wildman–Crippen LogP) is 2.68. The topological polar surface area (TPSA) is 209 Å². The Morgan fingerprint density at radius 3 is 1.68 bits per heavy atom. The van der Waals surface area contributed by atoms with Gasteiger partial charge in [-0.1, -0.05) is 62.3 Å². The maximum atomic E-state index is 13.7. The first-order valence-corrected chi connectivity index (χ1v) is 19.8. The van der Waals surface area contributed by atoms with Crippen molar-refractivity contribution in [1.29, 1.82) is 0 Å². The molecule has 14 nitrogen and oxygen atoms in total. The van der Waals surface area contributed by atoms with Crippen molar-refractivity contribution in [3.63, 3.8) is 0 Å². The zero-order valence-corrected chi connectivity index (χ0v) is 33.5. The highest BCUT2D eigenvalue weighted by molar-refractivity contribution is 7.90. The molecule has 0 aliphatic carbocycles. The highest BCUT2D eigenvalue weighted by Crippen LogP contribution is 2.17. The van der Waals surface area contributed by atoms with Gasteiger partial charge >= 0.3 is 6.09 Å². The highest BCUT2D eigenvalue weighted by Gasteiger charge is 2.33. The van der Waals surface area contributed by atoms with Crippen molar-refractivity contribution in [3.05, 3.63) is 0 Å². The number of carbonyl (C=O) groups is 5. The fraction of sp³-hybridized carbons (Fsp3) is 0.857. The maximum absolute atomic E-state index is 13.7. The van der Waals surface area contributed by atoms with Gasteiger partial charge in [-0.25, -0.2) is 13.2 Å². The van der Waals surface area contributed by atoms with Gasteiger partial charge in [0.05, 0.1) is 17.9 Å². The normalized spacial score (nSPS) is 15.9. The molecule has 0 heterocycles. The third-order valence-electron chi connectivity index (χ3n) is 7.62. The van der Waals surface area contributed by atoms with Gasteiger partial charge in [0.1, 0.15) is 33.6 Å². The van der Waals surface area contributed by atoms with Crippen molar-refractivity contribution in [3.8, 4) is 0 Å². The molecular formula is C35H67N5O9S. The van der Waals surface area contributed by atoms with E-state index >= 15 is 0 Å². The number of carbonyl (C=O) groups excluding carboxylic acids is 5. The standard InChI is InChI=1S/C35H67N5O9S/c1-20(2)16-26(28(41)18-24(9)30(42)40-29(23(7)8)33(45)36-19-22(5)6)38-31(43)25(14-15-50(13,47)48)37-32(44)27(17-21(3)4)39-34(46)49-35(10,11)12/h20-29,41H,14-19H2,1-13H3,(H,36,45)(H,37,44)(H,38,43)(H,39,46)(H,40,42)/t24-,25+,26+,27+,28+,29+/m1/s1. The zero-order valence-electron chi connectivity index (χ0n) is 32.6. The van der Waals surface area contributed by atoms with Crippen molar-refractivity contribution in [1.82, 2.24) is 26.6 Å². The minimum absolute atomic E-state index is 0.00608. The second-order valence-corrected chi connectivity index (χ2v) is 18.4. The maximum Gasteiger partial charge on any atom is 0.408 e. The molecule has 0 fully saturated rings. The summed E-state index contributed by atoms with van der Waals surface area (Å²) in [6, 6.07) is -4.00. The summed E-state index contributed by atoms with van der Waals surface area (Å²) in [5.74, 6) is -3.24. The van der Waals surface area contributed by atoms with Crippen molar-refractivity contribution in [2.45, 2.75) is 145 Å². The SMILES string of the molecule is CC(C)CNC(=O)[C@@H](NC(=O)[C@H](C)C[C@H](O)[C@H](CC(C)C)NC(=O)[C@H](CCS(C)(=O)=O)NC(=O)[C@H](CC(C)C)NC(=O)OC(C)(C)C)C(C)C. The minimum Gasteiger partial charge on any atom is -0.444 e. The zero-order chi connectivity index (χ0) is 39.1. The van der Waals surface area contributed by atoms with Gasteiger partial charge in [-0.3, -0.25) is 19.2 Å². The predicted molar refractivity (Wildman–Crippen MR) is 195 cm³/mol. The molecule has 0 aromatic rings. The van der Waals surface area contributed by atoms with E-state index in [1.807, 2.05) is 55.4 Å². The molecule has 0 unspecified atom stereocenters. The number of nitrogens with one attached hydrogen (secondary N) is 5. The lowest BCUT2D eigenvalue weighted by molar-refractivity contribution is -0.133. The highest BCUT2D eigenvalue weighted by atomic mass is 32.2. The molecule has 0 spiro atoms. The van der Waals surface area contributed by atoms with Gasteiger partial charge in [-0.2, -0.15) is 0 Å². The number of sulfone groups is 1. The molecule has 0 bridgehead atoms. The Morgan fingerprint density at radius 1 is 0.680 bits per heavy atom. The summed E-state index contributed by atoms with van der Waals surface area (Å²) in [6.45, 7) is 22.2. The second kappa shape index (κ2) is 21.4. The Morgan fingerprint density at radius 2 is 1.22 bits per heavy atom. The molecule has 0 aromatic carbocycles. The molecule has 0 rings (SSSR count). The van der Waals surface area contributed by atoms with E-state index in [0.29, 0.717) is 13.0 Å². The number of rotatable bonds is 21. The lowest BCUT2D eigenvalue weighted by Gasteiger charge is -2.30. The summed E-state index contributed by atoms with van der Waals surface area (Å²) < 4.78 is 29.4. The van der Waals surface area contributed by atoms with E-state index < -0.39 is 81.2 Å². The third kappa shape index (κ3) is 20.7. The van der Waals surface area contributed by atoms with Gasteiger partial charge in [-0.15, -0.1) is 0 Å². The van der Waals surface area contributed by atoms with Crippen molar-refractivity contribution >= 4 is 39.6 Å². The lowest BCUT2D eigenvalue weighted by atomic mass is 9.91. The van der Waals surface area contributed by atoms with E-state index in [4.69, 9.17) is 4.74 Å². The summed E-state index contributed by atoms with van der Waals surface area (Å²) in [6.07, 6.45) is -0.750. The molecule has 5 amide bonds. The van der Waals surface area contributed by atoms with Crippen LogP contribution < -0.4 is 26.6 Å². The van der Waals surface area contributed by atoms with Crippen LogP contribution in [0.5, 0.6) is 0 Å². The van der Waals surface area contributed by atoms with Crippen LogP contribution in [-0.2, 0) is 33.8 Å². The molecule has 0 saturated heterocycles. The molecule has 0 aromatic heterocycles. The van der Waals surface area contributed by atoms with E-state index in [1.54, 1.807) is 27.7 Å². The number of aliphatic hydroxyl groups is 1. The van der Waals surface area contributed by atoms with Gasteiger partial charge in [-0.05, 0) is 70.1 Å². The number of ether oxygens (including phenoxy) is 1. The molecule has 6 N–H and O–H groups in total. The lowest BCUT2D eigenvalue weighted by Crippen LogP contribution is -2.57. The van der Waals surface area contributed by atoms with E-state index in [9.17, 15) is 37.5 Å². The number of hydrogen-bond donors (Lipinski definition) is 6. The Hall–Kier alpha value is -2.94. The first kappa shape index (κ1) is 47.1. The van der Waals surface area contributed by atoms with Crippen LogP contribution in [-0.4, -0.2) is 97.7 Å². The number of aliphatic hydroxyl groups excluding tert-OH is 1. The monoisotopic (exact) mass is 733 g/mol. The number of alkyl carbamates (subject to hydrolysis) is 1. The van der Waals surface area contributed by atoms with Gasteiger partial charge < -0.3 is 36.4 Å². The van der Waals surface area contributed by atoms with Crippen LogP contribution in [0.4, 0.5) is 4.79 Å². The summed E-state index contributed by atoms with van der Waals surface area (Å²) in [5.41, 5.74) is -0.816. The Labute approximate surface area is 300 Å². The first-order chi connectivity index (χ1) is 22.7. The van der Waals surface area contributed by atoms with Crippen LogP contribution >= 0.6 is 0 Å². The van der Waals surface area contributed by atoms with Crippen LogP contribution in [0.25, 0.3) is 0 Å². The molecule has 15 heteroatoms. The Kier molecular flexibility index (Phi) is 20.2. The number of hydrogen-bond acceptors (Lipinski definition) is 9. The second-order valence-electron chi connectivity index (χ2n) is 16.1. The molecule has 0 aliphatic rings. The van der Waals surface area contributed by atoms with Crippen LogP contribution in [0, 0.1) is 29.6 Å². The average molecular weight is 734 g/mol. The van der Waals surface area contributed by atoms with E-state index in [-0.39, 0.29) is 48.8 Å². The Balaban J connectivity index is 6.03. The quantitative estimate of drug-likeness (QED) is 0.102. The van der Waals surface area contributed by atoms with Crippen LogP contribution in [0.3, 0.4) is 0 Å². The molecule has 50 heavy (non-hydrogen) atoms. The van der Waals surface area contributed by atoms with E-state index in [1.165, 1.54) is 0 Å². The fourth-order valence-electron chi connectivity index (χ4n) is 5.01. The molecule has 6 atom stereocenters. The molecular weight excluding hydrogens is 666 g/mol. The summed E-state index contributed by atoms with van der Waals surface area (Å²) in [4.78, 5) is 65.6. The van der Waals surface area contributed by atoms with Gasteiger partial charge in [0, 0.05) is 18.7 Å². The fourth-order valence-corrected chi connectivity index (χ4v) is 5.67. The first-order valence-electron chi connectivity index (χ1n) is 17.8. The smallest absolute Gasteiger partial charge is 0.408 e. The van der Waals surface area contributed by atoms with Crippen LogP contribution in [0.15, 0.2) is 0 Å². The molecule has 0 saturated carbocycles. The third-order valence-corrected chi connectivity index (χ3v) is 8.59. The van der Waals surface area contributed by atoms with Crippen LogP contribution in [0.2, 0.25) is 0 Å². The average Bonchev–Trinajstić information content (AvgIpc) is 2.93. The van der Waals surface area contributed by atoms with E-state index in [2.05, 4.69) is 26.6 Å². The molecule has 292 valence electrons. The minimum atomic E-state index is -3.53.